The Morgan fingerprint density at radius 3 is 2.85 bits per heavy atom. The van der Waals surface area contributed by atoms with E-state index in [0.29, 0.717) is 5.56 Å². The fourth-order valence-corrected chi connectivity index (χ4v) is 1.07. The van der Waals surface area contributed by atoms with Gasteiger partial charge in [0.25, 0.3) is 0 Å². The van der Waals surface area contributed by atoms with Gasteiger partial charge in [-0.05, 0) is 12.5 Å². The predicted octanol–water partition coefficient (Wildman–Crippen LogP) is 1.61. The summed E-state index contributed by atoms with van der Waals surface area (Å²) in [4.78, 5) is 14.1. The fraction of sp³-hybridized carbons (Fsp3) is 0.125. The van der Waals surface area contributed by atoms with Crippen LogP contribution in [0.25, 0.3) is 0 Å². The Morgan fingerprint density at radius 2 is 2.38 bits per heavy atom. The molecule has 1 aromatic heterocycles. The molecule has 0 aliphatic heterocycles. The number of aromatic nitrogens is 1. The zero-order valence-corrected chi connectivity index (χ0v) is 7.46. The Bertz CT molecular complexity index is 409. The van der Waals surface area contributed by atoms with E-state index in [0.717, 1.165) is 0 Å². The summed E-state index contributed by atoms with van der Waals surface area (Å²) < 4.78 is 0. The SMILES string of the molecule is Cc1c(C#N)cnc(C(=O)O)c1Cl. The van der Waals surface area contributed by atoms with E-state index in [9.17, 15) is 4.79 Å². The molecule has 0 spiro atoms. The van der Waals surface area contributed by atoms with Gasteiger partial charge in [-0.2, -0.15) is 5.26 Å². The Labute approximate surface area is 79.4 Å². The van der Waals surface area contributed by atoms with Crippen LogP contribution in [0, 0.1) is 18.3 Å². The number of carboxylic acid groups (broad SMARTS) is 1. The lowest BCUT2D eigenvalue weighted by Crippen LogP contribution is -2.03. The van der Waals surface area contributed by atoms with Crippen LogP contribution in [-0.4, -0.2) is 16.1 Å². The molecular formula is C8H5ClN2O2. The lowest BCUT2D eigenvalue weighted by Gasteiger charge is -2.02. The van der Waals surface area contributed by atoms with Crippen LogP contribution in [0.1, 0.15) is 21.6 Å². The minimum atomic E-state index is -1.20. The number of aromatic carboxylic acids is 1. The van der Waals surface area contributed by atoms with E-state index in [1.165, 1.54) is 6.20 Å². The molecule has 66 valence electrons. The molecule has 0 atom stereocenters. The van der Waals surface area contributed by atoms with Gasteiger partial charge in [-0.15, -0.1) is 0 Å². The molecule has 0 bridgehead atoms. The van der Waals surface area contributed by atoms with E-state index in [1.54, 1.807) is 6.92 Å². The van der Waals surface area contributed by atoms with Crippen LogP contribution < -0.4 is 0 Å². The van der Waals surface area contributed by atoms with Gasteiger partial charge in [0, 0.05) is 6.20 Å². The van der Waals surface area contributed by atoms with Crippen molar-refractivity contribution in [1.29, 1.82) is 5.26 Å². The molecule has 0 amide bonds. The maximum Gasteiger partial charge on any atom is 0.356 e. The molecule has 4 nitrogen and oxygen atoms in total. The minimum absolute atomic E-state index is 0.0200. The molecule has 0 saturated heterocycles. The molecule has 0 aromatic carbocycles. The normalized spacial score (nSPS) is 9.31. The van der Waals surface area contributed by atoms with Gasteiger partial charge in [0.1, 0.15) is 6.07 Å². The Balaban J connectivity index is 3.42. The largest absolute Gasteiger partial charge is 0.476 e. The van der Waals surface area contributed by atoms with Crippen molar-refractivity contribution in [3.63, 3.8) is 0 Å². The Morgan fingerprint density at radius 1 is 1.77 bits per heavy atom. The smallest absolute Gasteiger partial charge is 0.356 e. The standard InChI is InChI=1S/C8H5ClN2O2/c1-4-5(2-10)3-11-7(6(4)9)8(12)13/h3H,1H3,(H,12,13). The monoisotopic (exact) mass is 196 g/mol. The molecule has 5 heteroatoms. The number of carboxylic acids is 1. The number of hydrogen-bond acceptors (Lipinski definition) is 3. The average Bonchev–Trinajstić information content (AvgIpc) is 2.09. The highest BCUT2D eigenvalue weighted by Crippen LogP contribution is 2.21. The van der Waals surface area contributed by atoms with Gasteiger partial charge in [-0.1, -0.05) is 11.6 Å². The third-order valence-corrected chi connectivity index (χ3v) is 2.05. The summed E-state index contributed by atoms with van der Waals surface area (Å²) in [5, 5.41) is 17.2. The quantitative estimate of drug-likeness (QED) is 0.741. The van der Waals surface area contributed by atoms with E-state index < -0.39 is 5.97 Å². The van der Waals surface area contributed by atoms with E-state index in [4.69, 9.17) is 22.0 Å². The van der Waals surface area contributed by atoms with Crippen LogP contribution in [0.5, 0.6) is 0 Å². The van der Waals surface area contributed by atoms with Gasteiger partial charge < -0.3 is 5.11 Å². The van der Waals surface area contributed by atoms with Gasteiger partial charge in [0.15, 0.2) is 5.69 Å². The molecular weight excluding hydrogens is 192 g/mol. The maximum atomic E-state index is 10.5. The number of nitrogens with zero attached hydrogens (tertiary/aromatic N) is 2. The van der Waals surface area contributed by atoms with Gasteiger partial charge in [-0.25, -0.2) is 9.78 Å². The maximum absolute atomic E-state index is 10.5. The third-order valence-electron chi connectivity index (χ3n) is 1.59. The van der Waals surface area contributed by atoms with Gasteiger partial charge in [0.05, 0.1) is 10.6 Å². The van der Waals surface area contributed by atoms with E-state index in [1.807, 2.05) is 6.07 Å². The number of rotatable bonds is 1. The second-order valence-corrected chi connectivity index (χ2v) is 2.75. The second kappa shape index (κ2) is 3.42. The fourth-order valence-electron chi connectivity index (χ4n) is 0.840. The first-order chi connectivity index (χ1) is 6.07. The molecule has 0 fully saturated rings. The third kappa shape index (κ3) is 1.60. The molecule has 0 radical (unpaired) electrons. The summed E-state index contributed by atoms with van der Waals surface area (Å²) in [6.45, 7) is 1.58. The van der Waals surface area contributed by atoms with Crippen molar-refractivity contribution in [1.82, 2.24) is 4.98 Å². The first-order valence-corrected chi connectivity index (χ1v) is 3.74. The van der Waals surface area contributed by atoms with Crippen molar-refractivity contribution in [2.75, 3.05) is 0 Å². The lowest BCUT2D eigenvalue weighted by molar-refractivity contribution is 0.0690. The van der Waals surface area contributed by atoms with Crippen LogP contribution in [0.4, 0.5) is 0 Å². The minimum Gasteiger partial charge on any atom is -0.476 e. The van der Waals surface area contributed by atoms with E-state index in [2.05, 4.69) is 4.98 Å². The van der Waals surface area contributed by atoms with Crippen molar-refractivity contribution >= 4 is 17.6 Å². The van der Waals surface area contributed by atoms with Crippen molar-refractivity contribution < 1.29 is 9.90 Å². The first kappa shape index (κ1) is 9.49. The van der Waals surface area contributed by atoms with Crippen molar-refractivity contribution in [2.45, 2.75) is 6.92 Å². The van der Waals surface area contributed by atoms with Crippen LogP contribution in [0.2, 0.25) is 5.02 Å². The van der Waals surface area contributed by atoms with Crippen molar-refractivity contribution in [3.05, 3.63) is 28.0 Å². The molecule has 1 aromatic rings. The van der Waals surface area contributed by atoms with Crippen LogP contribution in [0.3, 0.4) is 0 Å². The zero-order valence-electron chi connectivity index (χ0n) is 6.71. The summed E-state index contributed by atoms with van der Waals surface area (Å²) in [6.07, 6.45) is 1.20. The number of hydrogen-bond donors (Lipinski definition) is 1. The highest BCUT2D eigenvalue weighted by atomic mass is 35.5. The molecule has 1 N–H and O–H groups in total. The summed E-state index contributed by atoms with van der Waals surface area (Å²) in [6, 6.07) is 1.86. The second-order valence-electron chi connectivity index (χ2n) is 2.38. The molecule has 0 unspecified atom stereocenters. The van der Waals surface area contributed by atoms with Gasteiger partial charge >= 0.3 is 5.97 Å². The summed E-state index contributed by atoms with van der Waals surface area (Å²) in [5.41, 5.74) is 0.504. The lowest BCUT2D eigenvalue weighted by atomic mass is 10.1. The van der Waals surface area contributed by atoms with Crippen LogP contribution in [-0.2, 0) is 0 Å². The summed E-state index contributed by atoms with van der Waals surface area (Å²) in [7, 11) is 0. The van der Waals surface area contributed by atoms with E-state index in [-0.39, 0.29) is 16.3 Å². The Kier molecular flexibility index (Phi) is 2.49. The highest BCUT2D eigenvalue weighted by molar-refractivity contribution is 6.34. The summed E-state index contributed by atoms with van der Waals surface area (Å²) >= 11 is 5.68. The molecule has 0 aliphatic rings. The molecule has 1 rings (SSSR count). The van der Waals surface area contributed by atoms with Gasteiger partial charge in [0.2, 0.25) is 0 Å². The summed E-state index contributed by atoms with van der Waals surface area (Å²) in [5.74, 6) is -1.20. The predicted molar refractivity (Wildman–Crippen MR) is 45.7 cm³/mol. The Hall–Kier alpha value is -1.60. The molecule has 13 heavy (non-hydrogen) atoms. The average molecular weight is 197 g/mol. The van der Waals surface area contributed by atoms with Crippen molar-refractivity contribution in [2.24, 2.45) is 0 Å². The molecule has 0 aliphatic carbocycles. The topological polar surface area (TPSA) is 74.0 Å². The van der Waals surface area contributed by atoms with Gasteiger partial charge in [-0.3, -0.25) is 0 Å². The molecule has 1 heterocycles. The first-order valence-electron chi connectivity index (χ1n) is 3.36. The number of nitriles is 1. The number of carbonyl (C=O) groups is 1. The number of halogens is 1. The zero-order chi connectivity index (χ0) is 10.0. The van der Waals surface area contributed by atoms with E-state index >= 15 is 0 Å². The van der Waals surface area contributed by atoms with Crippen LogP contribution >= 0.6 is 11.6 Å². The van der Waals surface area contributed by atoms with Crippen molar-refractivity contribution in [3.8, 4) is 6.07 Å². The highest BCUT2D eigenvalue weighted by Gasteiger charge is 2.14. The van der Waals surface area contributed by atoms with Crippen LogP contribution in [0.15, 0.2) is 6.20 Å². The number of pyridine rings is 1. The molecule has 0 saturated carbocycles.